The van der Waals surface area contributed by atoms with E-state index in [0.29, 0.717) is 22.8 Å². The number of fused-ring (bicyclic) bond motifs is 1. The Morgan fingerprint density at radius 1 is 1.10 bits per heavy atom. The number of nitrogens with zero attached hydrogens (tertiary/aromatic N) is 2. The minimum absolute atomic E-state index is 0.00428. The maximum Gasteiger partial charge on any atom is 0.387 e. The summed E-state index contributed by atoms with van der Waals surface area (Å²) in [5.41, 5.74) is 0.264. The zero-order chi connectivity index (χ0) is 21.8. The van der Waals surface area contributed by atoms with E-state index in [2.05, 4.69) is 15.2 Å². The number of hydrogen-bond acceptors (Lipinski definition) is 4. The Bertz CT molecular complexity index is 1110. The Kier molecular flexibility index (Phi) is 6.44. The number of alkyl halides is 2. The summed E-state index contributed by atoms with van der Waals surface area (Å²) >= 11 is 0. The van der Waals surface area contributed by atoms with Crippen molar-refractivity contribution in [2.75, 3.05) is 0 Å². The molecule has 0 spiro atoms. The van der Waals surface area contributed by atoms with E-state index in [1.54, 1.807) is 56.3 Å². The third-order valence-corrected chi connectivity index (χ3v) is 4.76. The lowest BCUT2D eigenvalue weighted by atomic mass is 10.0. The highest BCUT2D eigenvalue weighted by Gasteiger charge is 2.23. The highest BCUT2D eigenvalue weighted by atomic mass is 19.3. The van der Waals surface area contributed by atoms with E-state index in [0.717, 1.165) is 0 Å². The molecule has 1 heterocycles. The van der Waals surface area contributed by atoms with Crippen LogP contribution in [0.15, 0.2) is 53.3 Å². The first-order valence-corrected chi connectivity index (χ1v) is 9.69. The molecule has 1 atom stereocenters. The third kappa shape index (κ3) is 4.32. The lowest BCUT2D eigenvalue weighted by Crippen LogP contribution is -2.33. The van der Waals surface area contributed by atoms with Crippen LogP contribution in [0, 0.1) is 0 Å². The van der Waals surface area contributed by atoms with Crippen LogP contribution in [-0.2, 0) is 0 Å². The maximum atomic E-state index is 13.1. The topological polar surface area (TPSA) is 73.2 Å². The SMILES string of the molecule is CCC(NC(=O)c1nn(C(C)C)c(=O)c2ccccc12)c1ccccc1OC(F)F. The van der Waals surface area contributed by atoms with Gasteiger partial charge in [0, 0.05) is 10.9 Å². The smallest absolute Gasteiger partial charge is 0.387 e. The number of ether oxygens (including phenoxy) is 1. The second-order valence-corrected chi connectivity index (χ2v) is 7.09. The number of halogens is 2. The number of carbonyl (C=O) groups is 1. The first-order valence-electron chi connectivity index (χ1n) is 9.69. The van der Waals surface area contributed by atoms with E-state index in [9.17, 15) is 18.4 Å². The predicted octanol–water partition coefficient (Wildman–Crippen LogP) is 4.46. The number of aromatic nitrogens is 2. The quantitative estimate of drug-likeness (QED) is 0.618. The molecule has 0 bridgehead atoms. The number of hydrogen-bond donors (Lipinski definition) is 1. The molecule has 8 heteroatoms. The van der Waals surface area contributed by atoms with E-state index < -0.39 is 18.6 Å². The summed E-state index contributed by atoms with van der Waals surface area (Å²) in [6.07, 6.45) is 0.442. The summed E-state index contributed by atoms with van der Waals surface area (Å²) in [6, 6.07) is 12.3. The van der Waals surface area contributed by atoms with Crippen molar-refractivity contribution in [2.24, 2.45) is 0 Å². The van der Waals surface area contributed by atoms with Gasteiger partial charge < -0.3 is 10.1 Å². The molecule has 1 unspecified atom stereocenters. The summed E-state index contributed by atoms with van der Waals surface area (Å²) in [4.78, 5) is 25.8. The molecule has 0 aliphatic carbocycles. The molecule has 1 amide bonds. The lowest BCUT2D eigenvalue weighted by molar-refractivity contribution is -0.0506. The number of nitrogens with one attached hydrogen (secondary N) is 1. The van der Waals surface area contributed by atoms with Crippen molar-refractivity contribution in [1.29, 1.82) is 0 Å². The number of amides is 1. The molecule has 0 radical (unpaired) electrons. The number of rotatable bonds is 7. The summed E-state index contributed by atoms with van der Waals surface area (Å²) in [5.74, 6) is -0.496. The van der Waals surface area contributed by atoms with Crippen molar-refractivity contribution in [3.8, 4) is 5.75 Å². The molecule has 3 rings (SSSR count). The molecule has 0 aliphatic heterocycles. The second kappa shape index (κ2) is 9.02. The highest BCUT2D eigenvalue weighted by molar-refractivity contribution is 6.04. The van der Waals surface area contributed by atoms with Crippen molar-refractivity contribution in [1.82, 2.24) is 15.1 Å². The lowest BCUT2D eigenvalue weighted by Gasteiger charge is -2.21. The van der Waals surface area contributed by atoms with Crippen LogP contribution in [0.2, 0.25) is 0 Å². The van der Waals surface area contributed by atoms with Gasteiger partial charge in [0.25, 0.3) is 11.5 Å². The van der Waals surface area contributed by atoms with Crippen molar-refractivity contribution in [2.45, 2.75) is 45.9 Å². The Balaban J connectivity index is 2.03. The molecule has 0 saturated heterocycles. The molecule has 0 aliphatic rings. The monoisotopic (exact) mass is 415 g/mol. The second-order valence-electron chi connectivity index (χ2n) is 7.09. The summed E-state index contributed by atoms with van der Waals surface area (Å²) in [5, 5.41) is 7.97. The van der Waals surface area contributed by atoms with Gasteiger partial charge in [-0.3, -0.25) is 9.59 Å². The minimum Gasteiger partial charge on any atom is -0.434 e. The van der Waals surface area contributed by atoms with Gasteiger partial charge in [-0.2, -0.15) is 13.9 Å². The van der Waals surface area contributed by atoms with E-state index in [4.69, 9.17) is 0 Å². The maximum absolute atomic E-state index is 13.1. The van der Waals surface area contributed by atoms with Crippen LogP contribution in [-0.4, -0.2) is 22.3 Å². The first kappa shape index (κ1) is 21.4. The van der Waals surface area contributed by atoms with Crippen LogP contribution in [0.25, 0.3) is 10.8 Å². The summed E-state index contributed by atoms with van der Waals surface area (Å²) in [7, 11) is 0. The summed E-state index contributed by atoms with van der Waals surface area (Å²) in [6.45, 7) is 2.46. The van der Waals surface area contributed by atoms with E-state index in [1.807, 2.05) is 6.92 Å². The van der Waals surface area contributed by atoms with Crippen LogP contribution in [0.5, 0.6) is 5.75 Å². The molecule has 0 fully saturated rings. The molecular weight excluding hydrogens is 392 g/mol. The van der Waals surface area contributed by atoms with Crippen LogP contribution < -0.4 is 15.6 Å². The van der Waals surface area contributed by atoms with Gasteiger partial charge >= 0.3 is 6.61 Å². The van der Waals surface area contributed by atoms with Crippen LogP contribution in [0.1, 0.15) is 55.3 Å². The Hall–Kier alpha value is -3.29. The largest absolute Gasteiger partial charge is 0.434 e. The Morgan fingerprint density at radius 3 is 2.37 bits per heavy atom. The van der Waals surface area contributed by atoms with Gasteiger partial charge in [-0.25, -0.2) is 4.68 Å². The Labute approximate surface area is 172 Å². The van der Waals surface area contributed by atoms with E-state index >= 15 is 0 Å². The van der Waals surface area contributed by atoms with Gasteiger partial charge in [0.1, 0.15) is 5.75 Å². The van der Waals surface area contributed by atoms with Crippen molar-refractivity contribution in [3.05, 3.63) is 70.1 Å². The highest BCUT2D eigenvalue weighted by Crippen LogP contribution is 2.29. The van der Waals surface area contributed by atoms with E-state index in [1.165, 1.54) is 10.7 Å². The zero-order valence-corrected chi connectivity index (χ0v) is 16.9. The zero-order valence-electron chi connectivity index (χ0n) is 16.9. The van der Waals surface area contributed by atoms with Crippen molar-refractivity contribution < 1.29 is 18.3 Å². The molecule has 0 saturated carbocycles. The van der Waals surface area contributed by atoms with Crippen LogP contribution >= 0.6 is 0 Å². The molecule has 158 valence electrons. The average Bonchev–Trinajstić information content (AvgIpc) is 2.72. The normalized spacial score (nSPS) is 12.4. The molecule has 2 aromatic carbocycles. The van der Waals surface area contributed by atoms with Gasteiger partial charge in [0.2, 0.25) is 0 Å². The van der Waals surface area contributed by atoms with Gasteiger partial charge in [-0.1, -0.05) is 43.3 Å². The molecule has 1 aromatic heterocycles. The van der Waals surface area contributed by atoms with Crippen molar-refractivity contribution in [3.63, 3.8) is 0 Å². The van der Waals surface area contributed by atoms with E-state index in [-0.39, 0.29) is 23.0 Å². The van der Waals surface area contributed by atoms with Gasteiger partial charge in [0.05, 0.1) is 17.5 Å². The predicted molar refractivity (Wildman–Crippen MR) is 110 cm³/mol. The van der Waals surface area contributed by atoms with Gasteiger partial charge in [-0.15, -0.1) is 0 Å². The first-order chi connectivity index (χ1) is 14.3. The molecular formula is C22H23F2N3O3. The molecule has 1 N–H and O–H groups in total. The standard InChI is InChI=1S/C22H23F2N3O3/c1-4-17(16-11-7-8-12-18(16)30-22(23)24)25-20(28)19-14-9-5-6-10-15(14)21(29)27(26-19)13(2)3/h5-13,17,22H,4H2,1-3H3,(H,25,28). The fraction of sp³-hybridized carbons (Fsp3) is 0.318. The van der Waals surface area contributed by atoms with Crippen molar-refractivity contribution >= 4 is 16.7 Å². The fourth-order valence-electron chi connectivity index (χ4n) is 3.32. The molecule has 3 aromatic rings. The molecule has 6 nitrogen and oxygen atoms in total. The number of carbonyl (C=O) groups excluding carboxylic acids is 1. The molecule has 30 heavy (non-hydrogen) atoms. The third-order valence-electron chi connectivity index (χ3n) is 4.76. The number of para-hydroxylation sites is 1. The van der Waals surface area contributed by atoms with Crippen LogP contribution in [0.4, 0.5) is 8.78 Å². The van der Waals surface area contributed by atoms with Gasteiger partial charge in [-0.05, 0) is 32.4 Å². The van der Waals surface area contributed by atoms with Crippen LogP contribution in [0.3, 0.4) is 0 Å². The Morgan fingerprint density at radius 2 is 1.73 bits per heavy atom. The van der Waals surface area contributed by atoms with Gasteiger partial charge in [0.15, 0.2) is 5.69 Å². The average molecular weight is 415 g/mol. The number of benzene rings is 2. The summed E-state index contributed by atoms with van der Waals surface area (Å²) < 4.78 is 31.4. The minimum atomic E-state index is -2.97. The fourth-order valence-corrected chi connectivity index (χ4v) is 3.32.